The van der Waals surface area contributed by atoms with E-state index in [1.807, 2.05) is 13.0 Å². The Morgan fingerprint density at radius 3 is 2.21 bits per heavy atom. The molecule has 1 aromatic rings. The Balaban J connectivity index is 1.67. The highest BCUT2D eigenvalue weighted by Crippen LogP contribution is 2.21. The van der Waals surface area contributed by atoms with Crippen molar-refractivity contribution >= 4 is 27.9 Å². The molecule has 2 aliphatic heterocycles. The molecule has 9 nitrogen and oxygen atoms in total. The van der Waals surface area contributed by atoms with Crippen LogP contribution in [0, 0.1) is 13.8 Å². The standard InChI is InChI=1S/C19H26N4O5S/c1-13(2)23-18(25)17(24)22(19(23)26)12-20-7-9-21(10-8-20)29(27,28)16-11-14(3)5-6-15(16)4/h5-6,11,13H,7-10,12H2,1-4H3/p+1. The minimum Gasteiger partial charge on any atom is -0.315 e. The number of carbonyl (C=O) groups excluding carboxylic acids is 3. The average Bonchev–Trinajstić information content (AvgIpc) is 2.87. The summed E-state index contributed by atoms with van der Waals surface area (Å²) in [7, 11) is -3.61. The van der Waals surface area contributed by atoms with Crippen LogP contribution in [0.5, 0.6) is 0 Å². The van der Waals surface area contributed by atoms with Gasteiger partial charge in [0.2, 0.25) is 10.0 Å². The second kappa shape index (κ2) is 7.85. The third kappa shape index (κ3) is 3.92. The molecule has 4 amide bonds. The molecule has 3 rings (SSSR count). The number of sulfonamides is 1. The van der Waals surface area contributed by atoms with Crippen LogP contribution in [0.25, 0.3) is 0 Å². The molecular formula is C19H27N4O5S+. The fourth-order valence-corrected chi connectivity index (χ4v) is 5.42. The zero-order chi connectivity index (χ0) is 21.5. The number of carbonyl (C=O) groups is 3. The molecule has 0 radical (unpaired) electrons. The quantitative estimate of drug-likeness (QED) is 0.501. The van der Waals surface area contributed by atoms with E-state index in [1.54, 1.807) is 32.9 Å². The Morgan fingerprint density at radius 2 is 1.66 bits per heavy atom. The summed E-state index contributed by atoms with van der Waals surface area (Å²) in [6.45, 7) is 8.49. The van der Waals surface area contributed by atoms with Gasteiger partial charge >= 0.3 is 17.8 Å². The minimum atomic E-state index is -3.61. The van der Waals surface area contributed by atoms with E-state index in [9.17, 15) is 22.8 Å². The maximum Gasteiger partial charge on any atom is 0.338 e. The molecule has 0 aromatic heterocycles. The van der Waals surface area contributed by atoms with E-state index >= 15 is 0 Å². The monoisotopic (exact) mass is 423 g/mol. The third-order valence-electron chi connectivity index (χ3n) is 5.37. The van der Waals surface area contributed by atoms with E-state index in [4.69, 9.17) is 0 Å². The number of nitrogens with one attached hydrogen (secondary N) is 1. The van der Waals surface area contributed by atoms with Gasteiger partial charge in [0.1, 0.15) is 0 Å². The Hall–Kier alpha value is -2.30. The van der Waals surface area contributed by atoms with Crippen molar-refractivity contribution in [1.29, 1.82) is 0 Å². The smallest absolute Gasteiger partial charge is 0.315 e. The number of urea groups is 1. The minimum absolute atomic E-state index is 0.0595. The number of nitrogens with zero attached hydrogens (tertiary/aromatic N) is 3. The Morgan fingerprint density at radius 1 is 1.03 bits per heavy atom. The molecule has 0 aliphatic carbocycles. The van der Waals surface area contributed by atoms with Gasteiger partial charge in [-0.05, 0) is 44.9 Å². The summed E-state index contributed by atoms with van der Waals surface area (Å²) in [5.41, 5.74) is 1.58. The summed E-state index contributed by atoms with van der Waals surface area (Å²) >= 11 is 0. The van der Waals surface area contributed by atoms with Gasteiger partial charge in [0.15, 0.2) is 6.67 Å². The van der Waals surface area contributed by atoms with Crippen molar-refractivity contribution in [1.82, 2.24) is 14.1 Å². The zero-order valence-electron chi connectivity index (χ0n) is 17.1. The van der Waals surface area contributed by atoms with Crippen LogP contribution in [0.2, 0.25) is 0 Å². The van der Waals surface area contributed by atoms with Gasteiger partial charge in [-0.15, -0.1) is 0 Å². The maximum absolute atomic E-state index is 13.0. The molecule has 158 valence electrons. The first-order valence-electron chi connectivity index (χ1n) is 9.64. The molecule has 0 bridgehead atoms. The van der Waals surface area contributed by atoms with Crippen molar-refractivity contribution in [2.45, 2.75) is 38.6 Å². The van der Waals surface area contributed by atoms with Gasteiger partial charge in [-0.1, -0.05) is 12.1 Å². The van der Waals surface area contributed by atoms with E-state index in [-0.39, 0.29) is 19.8 Å². The van der Waals surface area contributed by atoms with Gasteiger partial charge in [0.05, 0.1) is 31.1 Å². The molecule has 0 spiro atoms. The van der Waals surface area contributed by atoms with Gasteiger partial charge in [0.25, 0.3) is 0 Å². The van der Waals surface area contributed by atoms with Crippen molar-refractivity contribution in [3.63, 3.8) is 0 Å². The molecule has 0 saturated carbocycles. The van der Waals surface area contributed by atoms with Gasteiger partial charge in [0, 0.05) is 6.04 Å². The molecule has 0 unspecified atom stereocenters. The SMILES string of the molecule is Cc1ccc(C)c(S(=O)(=O)N2CC[NH+](CN3C(=O)C(=O)N(C(C)C)C3=O)CC2)c1. The number of quaternary nitrogens is 1. The molecule has 29 heavy (non-hydrogen) atoms. The number of hydrogen-bond donors (Lipinski definition) is 1. The number of aryl methyl sites for hydroxylation is 2. The lowest BCUT2D eigenvalue weighted by Crippen LogP contribution is -3.16. The second-order valence-electron chi connectivity index (χ2n) is 7.87. The van der Waals surface area contributed by atoms with Crippen LogP contribution in [-0.2, 0) is 19.6 Å². The molecule has 10 heteroatoms. The van der Waals surface area contributed by atoms with Gasteiger partial charge in [-0.25, -0.2) is 18.1 Å². The van der Waals surface area contributed by atoms with Crippen molar-refractivity contribution < 1.29 is 27.7 Å². The van der Waals surface area contributed by atoms with E-state index in [0.717, 1.165) is 20.3 Å². The fraction of sp³-hybridized carbons (Fsp3) is 0.526. The molecule has 2 fully saturated rings. The maximum atomic E-state index is 13.0. The van der Waals surface area contributed by atoms with Crippen molar-refractivity contribution in [2.24, 2.45) is 0 Å². The van der Waals surface area contributed by atoms with Crippen LogP contribution in [0.3, 0.4) is 0 Å². The fourth-order valence-electron chi connectivity index (χ4n) is 3.67. The first-order valence-corrected chi connectivity index (χ1v) is 11.1. The summed E-state index contributed by atoms with van der Waals surface area (Å²) in [6.07, 6.45) is 0. The molecule has 2 saturated heterocycles. The predicted octanol–water partition coefficient (Wildman–Crippen LogP) is -0.651. The lowest BCUT2D eigenvalue weighted by Gasteiger charge is -2.33. The van der Waals surface area contributed by atoms with Crippen LogP contribution in [0.1, 0.15) is 25.0 Å². The molecule has 0 atom stereocenters. The van der Waals surface area contributed by atoms with Gasteiger partial charge in [-0.3, -0.25) is 14.5 Å². The number of benzene rings is 1. The lowest BCUT2D eigenvalue weighted by atomic mass is 10.2. The van der Waals surface area contributed by atoms with Crippen molar-refractivity contribution in [3.8, 4) is 0 Å². The van der Waals surface area contributed by atoms with Crippen LogP contribution in [0.15, 0.2) is 23.1 Å². The highest BCUT2D eigenvalue weighted by Gasteiger charge is 2.47. The number of rotatable bonds is 5. The van der Waals surface area contributed by atoms with E-state index in [2.05, 4.69) is 0 Å². The third-order valence-corrected chi connectivity index (χ3v) is 7.41. The molecule has 2 heterocycles. The van der Waals surface area contributed by atoms with Crippen molar-refractivity contribution in [3.05, 3.63) is 29.3 Å². The highest BCUT2D eigenvalue weighted by molar-refractivity contribution is 7.89. The van der Waals surface area contributed by atoms with Crippen molar-refractivity contribution in [2.75, 3.05) is 32.8 Å². The molecule has 1 aromatic carbocycles. The topological polar surface area (TPSA) is 99.5 Å². The molecular weight excluding hydrogens is 396 g/mol. The number of amides is 4. The second-order valence-corrected chi connectivity index (χ2v) is 9.77. The first-order chi connectivity index (χ1) is 13.5. The van der Waals surface area contributed by atoms with Gasteiger partial charge in [-0.2, -0.15) is 4.31 Å². The Bertz CT molecular complexity index is 951. The van der Waals surface area contributed by atoms with E-state index in [1.165, 1.54) is 4.31 Å². The molecule has 2 aliphatic rings. The van der Waals surface area contributed by atoms with Gasteiger partial charge < -0.3 is 4.90 Å². The average molecular weight is 424 g/mol. The highest BCUT2D eigenvalue weighted by atomic mass is 32.2. The van der Waals surface area contributed by atoms with E-state index < -0.39 is 33.9 Å². The van der Waals surface area contributed by atoms with E-state index in [0.29, 0.717) is 23.5 Å². The number of hydrogen-bond acceptors (Lipinski definition) is 5. The number of imide groups is 2. The van der Waals surface area contributed by atoms with Crippen LogP contribution in [0.4, 0.5) is 4.79 Å². The summed E-state index contributed by atoms with van der Waals surface area (Å²) in [5.74, 6) is -1.62. The Labute approximate surface area is 170 Å². The summed E-state index contributed by atoms with van der Waals surface area (Å²) < 4.78 is 27.5. The summed E-state index contributed by atoms with van der Waals surface area (Å²) in [4.78, 5) is 39.7. The largest absolute Gasteiger partial charge is 0.338 e. The number of piperazine rings is 1. The summed E-state index contributed by atoms with van der Waals surface area (Å²) in [6, 6.07) is 4.36. The first kappa shape index (κ1) is 21.4. The van der Waals surface area contributed by atoms with Crippen LogP contribution < -0.4 is 4.90 Å². The lowest BCUT2D eigenvalue weighted by molar-refractivity contribution is -0.910. The Kier molecular flexibility index (Phi) is 5.79. The summed E-state index contributed by atoms with van der Waals surface area (Å²) in [5, 5.41) is 0. The van der Waals surface area contributed by atoms with Crippen LogP contribution >= 0.6 is 0 Å². The molecule has 1 N–H and O–H groups in total. The normalized spacial score (nSPS) is 19.7. The zero-order valence-corrected chi connectivity index (χ0v) is 18.0. The van der Waals surface area contributed by atoms with Crippen LogP contribution in [-0.4, -0.2) is 79.3 Å². The predicted molar refractivity (Wildman–Crippen MR) is 104 cm³/mol.